The Morgan fingerprint density at radius 2 is 1.68 bits per heavy atom. The van der Waals surface area contributed by atoms with Crippen LogP contribution in [0, 0.1) is 0 Å². The Labute approximate surface area is 188 Å². The van der Waals surface area contributed by atoms with Crippen LogP contribution in [0.4, 0.5) is 5.69 Å². The number of hydrogen-bond acceptors (Lipinski definition) is 6. The first-order valence-corrected chi connectivity index (χ1v) is 11.4. The van der Waals surface area contributed by atoms with Crippen LogP contribution in [0.3, 0.4) is 0 Å². The average Bonchev–Trinajstić information content (AvgIpc) is 3.19. The third kappa shape index (κ3) is 4.49. The summed E-state index contributed by atoms with van der Waals surface area (Å²) in [6.07, 6.45) is 1.90. The minimum atomic E-state index is 0.266. The van der Waals surface area contributed by atoms with Crippen LogP contribution in [-0.4, -0.2) is 27.9 Å². The number of rotatable bonds is 7. The van der Waals surface area contributed by atoms with Gasteiger partial charge in [0.15, 0.2) is 11.5 Å². The Kier molecular flexibility index (Phi) is 6.66. The molecule has 2 heterocycles. The Hall–Kier alpha value is -2.73. The lowest BCUT2D eigenvalue weighted by Gasteiger charge is -2.23. The van der Waals surface area contributed by atoms with Gasteiger partial charge in [-0.25, -0.2) is 0 Å². The van der Waals surface area contributed by atoms with Gasteiger partial charge in [-0.1, -0.05) is 19.1 Å². The molecule has 0 radical (unpaired) electrons. The quantitative estimate of drug-likeness (QED) is 0.442. The van der Waals surface area contributed by atoms with Crippen molar-refractivity contribution in [1.82, 2.24) is 0 Å². The van der Waals surface area contributed by atoms with Crippen molar-refractivity contribution in [1.29, 1.82) is 0 Å². The molecular formula is C25H29NO4S. The van der Waals surface area contributed by atoms with Gasteiger partial charge in [-0.3, -0.25) is 0 Å². The molecule has 31 heavy (non-hydrogen) atoms. The molecule has 1 aliphatic heterocycles. The van der Waals surface area contributed by atoms with Gasteiger partial charge in [-0.05, 0) is 48.4 Å². The molecular weight excluding hydrogens is 410 g/mol. The summed E-state index contributed by atoms with van der Waals surface area (Å²) >= 11 is 1.88. The molecule has 1 aromatic heterocycles. The maximum absolute atomic E-state index is 5.99. The Bertz CT molecular complexity index is 1010. The van der Waals surface area contributed by atoms with Crippen molar-refractivity contribution in [2.24, 2.45) is 0 Å². The van der Waals surface area contributed by atoms with Crippen molar-refractivity contribution in [3.8, 4) is 17.2 Å². The number of ether oxygens (including phenoxy) is 3. The van der Waals surface area contributed by atoms with Crippen molar-refractivity contribution >= 4 is 17.4 Å². The highest BCUT2D eigenvalue weighted by Crippen LogP contribution is 2.48. The third-order valence-corrected chi connectivity index (χ3v) is 7.00. The molecule has 2 aromatic carbocycles. The van der Waals surface area contributed by atoms with Gasteiger partial charge in [-0.15, -0.1) is 11.8 Å². The van der Waals surface area contributed by atoms with Crippen molar-refractivity contribution in [2.75, 3.05) is 32.8 Å². The van der Waals surface area contributed by atoms with E-state index in [1.54, 1.807) is 21.3 Å². The minimum absolute atomic E-state index is 0.266. The van der Waals surface area contributed by atoms with Crippen molar-refractivity contribution < 1.29 is 18.6 Å². The maximum atomic E-state index is 5.99. The van der Waals surface area contributed by atoms with Crippen LogP contribution in [0.5, 0.6) is 17.2 Å². The summed E-state index contributed by atoms with van der Waals surface area (Å²) in [6, 6.07) is 16.9. The molecule has 0 N–H and O–H groups in total. The summed E-state index contributed by atoms with van der Waals surface area (Å²) in [5.41, 5.74) is 2.42. The van der Waals surface area contributed by atoms with Gasteiger partial charge in [0.25, 0.3) is 0 Å². The number of aryl methyl sites for hydroxylation is 1. The number of hydrogen-bond donors (Lipinski definition) is 0. The molecule has 4 rings (SSSR count). The van der Waals surface area contributed by atoms with E-state index >= 15 is 0 Å². The number of furan rings is 1. The molecule has 0 amide bonds. The largest absolute Gasteiger partial charge is 0.493 e. The van der Waals surface area contributed by atoms with Crippen LogP contribution in [0.1, 0.15) is 35.7 Å². The third-order valence-electron chi connectivity index (χ3n) is 5.61. The van der Waals surface area contributed by atoms with Gasteiger partial charge in [-0.2, -0.15) is 0 Å². The number of thioether (sulfide) groups is 1. The predicted octanol–water partition coefficient (Wildman–Crippen LogP) is 6.11. The molecule has 1 unspecified atom stereocenters. The first kappa shape index (κ1) is 21.5. The Morgan fingerprint density at radius 3 is 2.32 bits per heavy atom. The van der Waals surface area contributed by atoms with E-state index in [2.05, 4.69) is 60.4 Å². The van der Waals surface area contributed by atoms with Gasteiger partial charge in [0.2, 0.25) is 5.75 Å². The number of nitrogens with zero attached hydrogens (tertiary/aromatic N) is 1. The summed E-state index contributed by atoms with van der Waals surface area (Å²) in [6.45, 7) is 3.80. The highest BCUT2D eigenvalue weighted by Gasteiger charge is 2.26. The standard InChI is InChI=1S/C25H29NO4S/c1-5-18-10-11-19(30-18)16-26-13-12-23(31-24-9-7-6-8-20(24)26)17-14-21(27-2)25(29-4)22(15-17)28-3/h6-11,14-15,23H,5,12-13,16H2,1-4H3. The topological polar surface area (TPSA) is 44.1 Å². The Morgan fingerprint density at radius 1 is 0.968 bits per heavy atom. The van der Waals surface area contributed by atoms with Gasteiger partial charge >= 0.3 is 0 Å². The molecule has 0 saturated heterocycles. The summed E-state index contributed by atoms with van der Waals surface area (Å²) in [7, 11) is 4.95. The van der Waals surface area contributed by atoms with E-state index in [1.165, 1.54) is 16.1 Å². The van der Waals surface area contributed by atoms with Crippen molar-refractivity contribution in [2.45, 2.75) is 36.5 Å². The number of para-hydroxylation sites is 1. The molecule has 1 aliphatic rings. The zero-order valence-corrected chi connectivity index (χ0v) is 19.3. The second-order valence-electron chi connectivity index (χ2n) is 7.46. The second-order valence-corrected chi connectivity index (χ2v) is 8.71. The maximum Gasteiger partial charge on any atom is 0.203 e. The molecule has 6 heteroatoms. The molecule has 0 bridgehead atoms. The van der Waals surface area contributed by atoms with Crippen molar-refractivity contribution in [3.05, 3.63) is 65.6 Å². The highest BCUT2D eigenvalue weighted by atomic mass is 32.2. The van der Waals surface area contributed by atoms with Crippen LogP contribution in [0.15, 0.2) is 57.8 Å². The van der Waals surface area contributed by atoms with Gasteiger partial charge in [0.1, 0.15) is 11.5 Å². The molecule has 0 fully saturated rings. The van der Waals surface area contributed by atoms with E-state index in [0.29, 0.717) is 17.2 Å². The summed E-state index contributed by atoms with van der Waals surface area (Å²) in [5, 5.41) is 0.266. The fourth-order valence-electron chi connectivity index (χ4n) is 4.00. The van der Waals surface area contributed by atoms with Crippen molar-refractivity contribution in [3.63, 3.8) is 0 Å². The fourth-order valence-corrected chi connectivity index (χ4v) is 5.27. The molecule has 5 nitrogen and oxygen atoms in total. The molecule has 0 aliphatic carbocycles. The van der Waals surface area contributed by atoms with E-state index in [4.69, 9.17) is 18.6 Å². The lowest BCUT2D eigenvalue weighted by Crippen LogP contribution is -2.23. The lowest BCUT2D eigenvalue weighted by molar-refractivity contribution is 0.323. The molecule has 1 atom stereocenters. The SMILES string of the molecule is CCc1ccc(CN2CCC(c3cc(OC)c(OC)c(OC)c3)Sc3ccccc32)o1. The van der Waals surface area contributed by atoms with Gasteiger partial charge in [0, 0.05) is 23.1 Å². The number of benzene rings is 2. The van der Waals surface area contributed by atoms with Crippen LogP contribution >= 0.6 is 11.8 Å². The molecule has 3 aromatic rings. The summed E-state index contributed by atoms with van der Waals surface area (Å²) in [5.74, 6) is 4.04. The van der Waals surface area contributed by atoms with E-state index in [0.717, 1.165) is 37.5 Å². The predicted molar refractivity (Wildman–Crippen MR) is 125 cm³/mol. The van der Waals surface area contributed by atoms with Crippen LogP contribution in [-0.2, 0) is 13.0 Å². The monoisotopic (exact) mass is 439 g/mol. The fraction of sp³-hybridized carbons (Fsp3) is 0.360. The summed E-state index contributed by atoms with van der Waals surface area (Å²) in [4.78, 5) is 3.68. The van der Waals surface area contributed by atoms with Crippen LogP contribution < -0.4 is 19.1 Å². The first-order valence-electron chi connectivity index (χ1n) is 10.5. The average molecular weight is 440 g/mol. The molecule has 164 valence electrons. The lowest BCUT2D eigenvalue weighted by atomic mass is 10.1. The first-order chi connectivity index (χ1) is 15.2. The van der Waals surface area contributed by atoms with Crippen LogP contribution in [0.2, 0.25) is 0 Å². The minimum Gasteiger partial charge on any atom is -0.493 e. The number of anilines is 1. The second kappa shape index (κ2) is 9.60. The van der Waals surface area contributed by atoms with E-state index in [9.17, 15) is 0 Å². The zero-order chi connectivity index (χ0) is 21.8. The van der Waals surface area contributed by atoms with Gasteiger partial charge in [0.05, 0.1) is 33.6 Å². The Balaban J connectivity index is 1.65. The number of fused-ring (bicyclic) bond motifs is 1. The van der Waals surface area contributed by atoms with E-state index in [-0.39, 0.29) is 5.25 Å². The highest BCUT2D eigenvalue weighted by molar-refractivity contribution is 7.99. The normalized spacial score (nSPS) is 15.9. The van der Waals surface area contributed by atoms with Crippen LogP contribution in [0.25, 0.3) is 0 Å². The zero-order valence-electron chi connectivity index (χ0n) is 18.5. The molecule has 0 saturated carbocycles. The number of methoxy groups -OCH3 is 3. The molecule has 0 spiro atoms. The van der Waals surface area contributed by atoms with E-state index in [1.807, 2.05) is 11.8 Å². The van der Waals surface area contributed by atoms with Gasteiger partial charge < -0.3 is 23.5 Å². The summed E-state index contributed by atoms with van der Waals surface area (Å²) < 4.78 is 22.7. The van der Waals surface area contributed by atoms with E-state index < -0.39 is 0 Å². The smallest absolute Gasteiger partial charge is 0.203 e.